The normalized spacial score (nSPS) is 55.2. The van der Waals surface area contributed by atoms with Crippen molar-refractivity contribution in [2.45, 2.75) is 90.0 Å². The van der Waals surface area contributed by atoms with E-state index in [1.807, 2.05) is 27.7 Å². The Morgan fingerprint density at radius 3 is 2.20 bits per heavy atom. The molecule has 0 radical (unpaired) electrons. The molecular weight excluding hydrogens is 388 g/mol. The summed E-state index contributed by atoms with van der Waals surface area (Å²) in [6.07, 6.45) is -3.24. The standard InChI is InChI=1S/C23H36O7/c1-11-13(24)9-22(27)12(2)21(6)20(5,18(26)17(25)16(11)19(22,3)4)14(29-7)8-15-23(21,28)10-30-15/h12-15,17,24-25,27-28H,8-10H2,1-7H3/t12-,13?,14?,15?,17?,20-,21?,22?,23?/m0/s1. The molecule has 1 saturated heterocycles. The number of hydrogen-bond acceptors (Lipinski definition) is 7. The van der Waals surface area contributed by atoms with Gasteiger partial charge in [-0.05, 0) is 30.9 Å². The van der Waals surface area contributed by atoms with E-state index in [9.17, 15) is 25.2 Å². The lowest BCUT2D eigenvalue weighted by atomic mass is 9.36. The lowest BCUT2D eigenvalue weighted by Crippen LogP contribution is -2.83. The molecule has 3 aliphatic carbocycles. The molecule has 2 saturated carbocycles. The summed E-state index contributed by atoms with van der Waals surface area (Å²) in [5, 5.41) is 46.3. The van der Waals surface area contributed by atoms with Crippen LogP contribution in [0.5, 0.6) is 0 Å². The first-order valence-corrected chi connectivity index (χ1v) is 10.9. The molecule has 4 aliphatic rings. The quantitative estimate of drug-likeness (QED) is 0.464. The number of ketones is 1. The van der Waals surface area contributed by atoms with Gasteiger partial charge in [-0.25, -0.2) is 0 Å². The number of methoxy groups -OCH3 is 1. The minimum atomic E-state index is -1.52. The van der Waals surface area contributed by atoms with Crippen LogP contribution in [-0.4, -0.2) is 75.5 Å². The molecule has 0 spiro atoms. The van der Waals surface area contributed by atoms with Crippen LogP contribution in [-0.2, 0) is 14.3 Å². The minimum absolute atomic E-state index is 0.0503. The summed E-state index contributed by atoms with van der Waals surface area (Å²) in [6, 6.07) is 0. The number of fused-ring (bicyclic) bond motifs is 5. The number of hydrogen-bond donors (Lipinski definition) is 4. The van der Waals surface area contributed by atoms with Crippen molar-refractivity contribution in [3.8, 4) is 0 Å². The number of aliphatic hydroxyl groups is 4. The number of ether oxygens (including phenoxy) is 2. The van der Waals surface area contributed by atoms with E-state index in [-0.39, 0.29) is 13.0 Å². The number of rotatable bonds is 1. The molecule has 1 aliphatic heterocycles. The monoisotopic (exact) mass is 424 g/mol. The maximum absolute atomic E-state index is 14.1. The Balaban J connectivity index is 2.08. The first-order valence-electron chi connectivity index (χ1n) is 10.9. The Labute approximate surface area is 178 Å². The van der Waals surface area contributed by atoms with Crippen LogP contribution in [0.25, 0.3) is 0 Å². The number of Topliss-reactive ketones (excluding diaryl/α,β-unsaturated/α-hetero) is 1. The summed E-state index contributed by atoms with van der Waals surface area (Å²) in [4.78, 5) is 14.1. The molecule has 0 aromatic carbocycles. The van der Waals surface area contributed by atoms with Crippen molar-refractivity contribution in [3.05, 3.63) is 11.1 Å². The number of carbonyl (C=O) groups is 1. The molecule has 0 aromatic heterocycles. The summed E-state index contributed by atoms with van der Waals surface area (Å²) in [5.74, 6) is -1.06. The number of aliphatic hydroxyl groups excluding tert-OH is 2. The second-order valence-electron chi connectivity index (χ2n) is 10.9. The smallest absolute Gasteiger partial charge is 0.174 e. The Hall–Kier alpha value is -0.830. The maximum atomic E-state index is 14.1. The largest absolute Gasteiger partial charge is 0.389 e. The van der Waals surface area contributed by atoms with E-state index in [2.05, 4.69) is 0 Å². The fourth-order valence-electron chi connectivity index (χ4n) is 7.67. The molecule has 4 N–H and O–H groups in total. The fourth-order valence-corrected chi connectivity index (χ4v) is 7.67. The molecule has 7 unspecified atom stereocenters. The third-order valence-corrected chi connectivity index (χ3v) is 10.2. The highest BCUT2D eigenvalue weighted by atomic mass is 16.6. The Morgan fingerprint density at radius 1 is 1.10 bits per heavy atom. The van der Waals surface area contributed by atoms with Gasteiger partial charge in [-0.2, -0.15) is 0 Å². The number of carbonyl (C=O) groups excluding carboxylic acids is 1. The van der Waals surface area contributed by atoms with Gasteiger partial charge in [-0.1, -0.05) is 27.7 Å². The van der Waals surface area contributed by atoms with Crippen molar-refractivity contribution in [2.24, 2.45) is 22.2 Å². The molecule has 7 nitrogen and oxygen atoms in total. The maximum Gasteiger partial charge on any atom is 0.174 e. The molecule has 2 bridgehead atoms. The highest BCUT2D eigenvalue weighted by molar-refractivity contribution is 5.93. The van der Waals surface area contributed by atoms with Crippen molar-refractivity contribution >= 4 is 5.78 Å². The average Bonchev–Trinajstić information content (AvgIpc) is 2.67. The summed E-state index contributed by atoms with van der Waals surface area (Å²) >= 11 is 0. The van der Waals surface area contributed by atoms with Crippen LogP contribution in [0.3, 0.4) is 0 Å². The predicted octanol–water partition coefficient (Wildman–Crippen LogP) is 0.966. The highest BCUT2D eigenvalue weighted by Gasteiger charge is 2.79. The summed E-state index contributed by atoms with van der Waals surface area (Å²) < 4.78 is 11.5. The van der Waals surface area contributed by atoms with Crippen LogP contribution in [0, 0.1) is 22.2 Å². The average molecular weight is 425 g/mol. The van der Waals surface area contributed by atoms with Gasteiger partial charge >= 0.3 is 0 Å². The molecular formula is C23H36O7. The van der Waals surface area contributed by atoms with Crippen LogP contribution in [0.2, 0.25) is 0 Å². The van der Waals surface area contributed by atoms with E-state index < -0.39 is 63.6 Å². The molecule has 0 aromatic rings. The van der Waals surface area contributed by atoms with Crippen molar-refractivity contribution in [1.29, 1.82) is 0 Å². The van der Waals surface area contributed by atoms with Gasteiger partial charge in [0.15, 0.2) is 5.78 Å². The Kier molecular flexibility index (Phi) is 4.58. The zero-order valence-corrected chi connectivity index (χ0v) is 19.0. The second-order valence-corrected chi connectivity index (χ2v) is 10.9. The molecule has 30 heavy (non-hydrogen) atoms. The Bertz CT molecular complexity index is 820. The van der Waals surface area contributed by atoms with E-state index in [0.717, 1.165) is 0 Å². The molecule has 4 rings (SSSR count). The van der Waals surface area contributed by atoms with Crippen LogP contribution in [0.4, 0.5) is 0 Å². The molecule has 7 heteroatoms. The van der Waals surface area contributed by atoms with E-state index >= 15 is 0 Å². The summed E-state index contributed by atoms with van der Waals surface area (Å²) in [5.41, 5.74) is -5.40. The van der Waals surface area contributed by atoms with Crippen LogP contribution < -0.4 is 0 Å². The highest BCUT2D eigenvalue weighted by Crippen LogP contribution is 2.70. The third-order valence-electron chi connectivity index (χ3n) is 10.2. The molecule has 3 fully saturated rings. The zero-order valence-electron chi connectivity index (χ0n) is 19.0. The van der Waals surface area contributed by atoms with E-state index in [0.29, 0.717) is 17.6 Å². The second kappa shape index (κ2) is 6.15. The van der Waals surface area contributed by atoms with Gasteiger partial charge in [0.1, 0.15) is 11.7 Å². The van der Waals surface area contributed by atoms with Gasteiger partial charge in [0.05, 0.1) is 35.9 Å². The third kappa shape index (κ3) is 2.05. The SMILES string of the molecule is COC1CC2OCC2(O)C2(C)[C@H](C)C3(O)CC(O)C(C)=C(C(O)C(=O)[C@]12C)C3(C)C. The first kappa shape index (κ1) is 22.4. The Morgan fingerprint density at radius 2 is 1.70 bits per heavy atom. The lowest BCUT2D eigenvalue weighted by molar-refractivity contribution is -0.373. The fraction of sp³-hybridized carbons (Fsp3) is 0.870. The molecule has 170 valence electrons. The van der Waals surface area contributed by atoms with Crippen LogP contribution in [0.15, 0.2) is 11.1 Å². The van der Waals surface area contributed by atoms with Gasteiger partial charge in [0, 0.05) is 30.8 Å². The summed E-state index contributed by atoms with van der Waals surface area (Å²) in [7, 11) is 1.52. The van der Waals surface area contributed by atoms with Gasteiger partial charge in [-0.15, -0.1) is 0 Å². The first-order chi connectivity index (χ1) is 13.7. The van der Waals surface area contributed by atoms with Crippen molar-refractivity contribution in [2.75, 3.05) is 13.7 Å². The molecule has 1 heterocycles. The van der Waals surface area contributed by atoms with Crippen molar-refractivity contribution < 1.29 is 34.7 Å². The lowest BCUT2D eigenvalue weighted by Gasteiger charge is -2.72. The van der Waals surface area contributed by atoms with Crippen molar-refractivity contribution in [1.82, 2.24) is 0 Å². The summed E-state index contributed by atoms with van der Waals surface area (Å²) in [6.45, 7) is 10.8. The van der Waals surface area contributed by atoms with E-state index in [1.54, 1.807) is 13.8 Å². The van der Waals surface area contributed by atoms with E-state index in [1.165, 1.54) is 7.11 Å². The molecule has 9 atom stereocenters. The predicted molar refractivity (Wildman–Crippen MR) is 109 cm³/mol. The van der Waals surface area contributed by atoms with Gasteiger partial charge in [-0.3, -0.25) is 4.79 Å². The molecule has 0 amide bonds. The van der Waals surface area contributed by atoms with Gasteiger partial charge < -0.3 is 29.9 Å². The van der Waals surface area contributed by atoms with Gasteiger partial charge in [0.25, 0.3) is 0 Å². The minimum Gasteiger partial charge on any atom is -0.389 e. The topological polar surface area (TPSA) is 116 Å². The zero-order chi connectivity index (χ0) is 22.7. The van der Waals surface area contributed by atoms with Crippen LogP contribution in [0.1, 0.15) is 54.4 Å². The van der Waals surface area contributed by atoms with Crippen molar-refractivity contribution in [3.63, 3.8) is 0 Å². The van der Waals surface area contributed by atoms with E-state index in [4.69, 9.17) is 9.47 Å². The van der Waals surface area contributed by atoms with Crippen LogP contribution >= 0.6 is 0 Å². The van der Waals surface area contributed by atoms with Gasteiger partial charge in [0.2, 0.25) is 0 Å².